The number of aromatic nitrogens is 3. The molecule has 0 fully saturated rings. The lowest BCUT2D eigenvalue weighted by Crippen LogP contribution is -1.90. The molecule has 0 spiro atoms. The first kappa shape index (κ1) is 9.40. The zero-order valence-corrected chi connectivity index (χ0v) is 9.62. The van der Waals surface area contributed by atoms with Crippen LogP contribution in [-0.2, 0) is 7.05 Å². The Morgan fingerprint density at radius 2 is 2.14 bits per heavy atom. The SMILES string of the molecule is Cc1nc(-c2ccccn2)c(Br)n1C. The summed E-state index contributed by atoms with van der Waals surface area (Å²) in [4.78, 5) is 8.69. The third-order valence-corrected chi connectivity index (χ3v) is 3.06. The Hall–Kier alpha value is -1.16. The molecule has 0 saturated heterocycles. The molecule has 0 unspecified atom stereocenters. The molecule has 0 saturated carbocycles. The van der Waals surface area contributed by atoms with Gasteiger partial charge in [0.2, 0.25) is 0 Å². The number of hydrogen-bond acceptors (Lipinski definition) is 2. The van der Waals surface area contributed by atoms with Crippen molar-refractivity contribution >= 4 is 15.9 Å². The van der Waals surface area contributed by atoms with Crippen molar-refractivity contribution in [3.63, 3.8) is 0 Å². The summed E-state index contributed by atoms with van der Waals surface area (Å²) in [5.41, 5.74) is 1.79. The number of imidazole rings is 1. The predicted octanol–water partition coefficient (Wildman–Crippen LogP) is 2.55. The van der Waals surface area contributed by atoms with E-state index in [0.29, 0.717) is 0 Å². The molecule has 0 atom stereocenters. The molecular formula is C10H10BrN3. The molecule has 72 valence electrons. The van der Waals surface area contributed by atoms with E-state index in [1.807, 2.05) is 36.7 Å². The fourth-order valence-corrected chi connectivity index (χ4v) is 1.80. The third-order valence-electron chi connectivity index (χ3n) is 2.16. The Kier molecular flexibility index (Phi) is 2.37. The maximum Gasteiger partial charge on any atom is 0.122 e. The van der Waals surface area contributed by atoms with Crippen LogP contribution < -0.4 is 0 Å². The zero-order valence-electron chi connectivity index (χ0n) is 8.03. The third kappa shape index (κ3) is 1.46. The van der Waals surface area contributed by atoms with E-state index in [4.69, 9.17) is 0 Å². The summed E-state index contributed by atoms with van der Waals surface area (Å²) in [5.74, 6) is 0.970. The van der Waals surface area contributed by atoms with Gasteiger partial charge in [0.15, 0.2) is 0 Å². The van der Waals surface area contributed by atoms with Gasteiger partial charge in [0.05, 0.1) is 5.69 Å². The minimum atomic E-state index is 0.892. The highest BCUT2D eigenvalue weighted by Crippen LogP contribution is 2.25. The van der Waals surface area contributed by atoms with Crippen LogP contribution in [0.1, 0.15) is 5.82 Å². The van der Waals surface area contributed by atoms with Crippen LogP contribution in [0.5, 0.6) is 0 Å². The number of nitrogens with zero attached hydrogens (tertiary/aromatic N) is 3. The van der Waals surface area contributed by atoms with Crippen molar-refractivity contribution in [3.8, 4) is 11.4 Å². The second-order valence-electron chi connectivity index (χ2n) is 3.07. The molecule has 2 aromatic heterocycles. The normalized spacial score (nSPS) is 10.5. The van der Waals surface area contributed by atoms with Gasteiger partial charge in [0, 0.05) is 13.2 Å². The van der Waals surface area contributed by atoms with Crippen LogP contribution in [0.25, 0.3) is 11.4 Å². The van der Waals surface area contributed by atoms with E-state index in [9.17, 15) is 0 Å². The highest BCUT2D eigenvalue weighted by Gasteiger charge is 2.11. The summed E-state index contributed by atoms with van der Waals surface area (Å²) >= 11 is 3.50. The highest BCUT2D eigenvalue weighted by atomic mass is 79.9. The van der Waals surface area contributed by atoms with Crippen molar-refractivity contribution in [1.82, 2.24) is 14.5 Å². The first-order valence-corrected chi connectivity index (χ1v) is 5.09. The van der Waals surface area contributed by atoms with E-state index in [2.05, 4.69) is 25.9 Å². The number of aryl methyl sites for hydroxylation is 1. The first-order chi connectivity index (χ1) is 6.70. The van der Waals surface area contributed by atoms with E-state index in [-0.39, 0.29) is 0 Å². The van der Waals surface area contributed by atoms with Gasteiger partial charge < -0.3 is 4.57 Å². The van der Waals surface area contributed by atoms with Gasteiger partial charge in [-0.15, -0.1) is 0 Å². The maximum absolute atomic E-state index is 4.43. The van der Waals surface area contributed by atoms with Crippen molar-refractivity contribution in [1.29, 1.82) is 0 Å². The van der Waals surface area contributed by atoms with E-state index in [1.165, 1.54) is 0 Å². The summed E-state index contributed by atoms with van der Waals surface area (Å²) in [5, 5.41) is 0. The summed E-state index contributed by atoms with van der Waals surface area (Å²) in [7, 11) is 1.97. The lowest BCUT2D eigenvalue weighted by atomic mass is 10.3. The van der Waals surface area contributed by atoms with Gasteiger partial charge in [-0.2, -0.15) is 0 Å². The second-order valence-corrected chi connectivity index (χ2v) is 3.82. The van der Waals surface area contributed by atoms with Crippen molar-refractivity contribution in [2.75, 3.05) is 0 Å². The van der Waals surface area contributed by atoms with Crippen LogP contribution in [-0.4, -0.2) is 14.5 Å². The zero-order chi connectivity index (χ0) is 10.1. The Morgan fingerprint density at radius 3 is 2.64 bits per heavy atom. The Balaban J connectivity index is 2.58. The average molecular weight is 252 g/mol. The van der Waals surface area contributed by atoms with Crippen LogP contribution in [0.3, 0.4) is 0 Å². The van der Waals surface area contributed by atoms with E-state index in [0.717, 1.165) is 21.8 Å². The molecule has 0 aliphatic carbocycles. The maximum atomic E-state index is 4.43. The van der Waals surface area contributed by atoms with Gasteiger partial charge in [-0.3, -0.25) is 4.98 Å². The summed E-state index contributed by atoms with van der Waals surface area (Å²) in [6, 6.07) is 5.80. The predicted molar refractivity (Wildman–Crippen MR) is 58.9 cm³/mol. The van der Waals surface area contributed by atoms with Crippen molar-refractivity contribution in [2.45, 2.75) is 6.92 Å². The average Bonchev–Trinajstić information content (AvgIpc) is 2.47. The largest absolute Gasteiger partial charge is 0.326 e. The molecule has 0 radical (unpaired) electrons. The number of rotatable bonds is 1. The van der Waals surface area contributed by atoms with Gasteiger partial charge in [0.25, 0.3) is 0 Å². The molecule has 4 heteroatoms. The van der Waals surface area contributed by atoms with Gasteiger partial charge in [-0.1, -0.05) is 6.07 Å². The minimum Gasteiger partial charge on any atom is -0.326 e. The summed E-state index contributed by atoms with van der Waals surface area (Å²) in [6.45, 7) is 1.97. The Morgan fingerprint density at radius 1 is 1.36 bits per heavy atom. The summed E-state index contributed by atoms with van der Waals surface area (Å²) < 4.78 is 2.96. The molecule has 2 heterocycles. The highest BCUT2D eigenvalue weighted by molar-refractivity contribution is 9.10. The fourth-order valence-electron chi connectivity index (χ4n) is 1.25. The second kappa shape index (κ2) is 3.53. The molecule has 14 heavy (non-hydrogen) atoms. The van der Waals surface area contributed by atoms with Crippen LogP contribution in [0, 0.1) is 6.92 Å². The standard InChI is InChI=1S/C10H10BrN3/c1-7-13-9(10(11)14(7)2)8-5-3-4-6-12-8/h3-6H,1-2H3. The van der Waals surface area contributed by atoms with Crippen LogP contribution >= 0.6 is 15.9 Å². The summed E-state index contributed by atoms with van der Waals surface area (Å²) in [6.07, 6.45) is 1.77. The molecule has 0 amide bonds. The number of pyridine rings is 1. The lowest BCUT2D eigenvalue weighted by molar-refractivity contribution is 0.840. The Bertz CT molecular complexity index is 448. The van der Waals surface area contributed by atoms with Crippen LogP contribution in [0.2, 0.25) is 0 Å². The molecule has 3 nitrogen and oxygen atoms in total. The lowest BCUT2D eigenvalue weighted by Gasteiger charge is -1.97. The van der Waals surface area contributed by atoms with Gasteiger partial charge in [0.1, 0.15) is 16.1 Å². The van der Waals surface area contributed by atoms with Crippen LogP contribution in [0.15, 0.2) is 29.0 Å². The number of hydrogen-bond donors (Lipinski definition) is 0. The first-order valence-electron chi connectivity index (χ1n) is 4.30. The minimum absolute atomic E-state index is 0.892. The molecule has 2 rings (SSSR count). The molecule has 0 aliphatic rings. The molecule has 0 aromatic carbocycles. The molecular weight excluding hydrogens is 242 g/mol. The van der Waals surface area contributed by atoms with E-state index in [1.54, 1.807) is 6.20 Å². The topological polar surface area (TPSA) is 30.7 Å². The monoisotopic (exact) mass is 251 g/mol. The smallest absolute Gasteiger partial charge is 0.122 e. The molecule has 0 bridgehead atoms. The number of halogens is 1. The van der Waals surface area contributed by atoms with Gasteiger partial charge in [-0.05, 0) is 35.0 Å². The van der Waals surface area contributed by atoms with Crippen molar-refractivity contribution in [2.24, 2.45) is 7.05 Å². The quantitative estimate of drug-likeness (QED) is 0.780. The van der Waals surface area contributed by atoms with Gasteiger partial charge >= 0.3 is 0 Å². The fraction of sp³-hybridized carbons (Fsp3) is 0.200. The van der Waals surface area contributed by atoms with Gasteiger partial charge in [-0.25, -0.2) is 4.98 Å². The van der Waals surface area contributed by atoms with Crippen molar-refractivity contribution in [3.05, 3.63) is 34.8 Å². The van der Waals surface area contributed by atoms with Crippen molar-refractivity contribution < 1.29 is 0 Å². The van der Waals surface area contributed by atoms with E-state index < -0.39 is 0 Å². The molecule has 0 aliphatic heterocycles. The molecule has 0 N–H and O–H groups in total. The van der Waals surface area contributed by atoms with E-state index >= 15 is 0 Å². The Labute approximate surface area is 90.9 Å². The van der Waals surface area contributed by atoms with Crippen LogP contribution in [0.4, 0.5) is 0 Å². The molecule has 2 aromatic rings.